The van der Waals surface area contributed by atoms with Crippen molar-refractivity contribution in [1.29, 1.82) is 0 Å². The average Bonchev–Trinajstić information content (AvgIpc) is 2.40. The molecule has 1 aromatic rings. The number of halogens is 1. The van der Waals surface area contributed by atoms with E-state index in [0.717, 1.165) is 48.3 Å². The summed E-state index contributed by atoms with van der Waals surface area (Å²) in [7, 11) is 0. The van der Waals surface area contributed by atoms with E-state index in [1.165, 1.54) is 0 Å². The van der Waals surface area contributed by atoms with Crippen molar-refractivity contribution in [2.24, 2.45) is 0 Å². The van der Waals surface area contributed by atoms with Crippen LogP contribution in [0, 0.1) is 0 Å². The highest BCUT2D eigenvalue weighted by Crippen LogP contribution is 2.28. The van der Waals surface area contributed by atoms with E-state index >= 15 is 0 Å². The minimum atomic E-state index is 0.114. The van der Waals surface area contributed by atoms with Gasteiger partial charge >= 0.3 is 0 Å². The van der Waals surface area contributed by atoms with Gasteiger partial charge in [0.05, 0.1) is 6.10 Å². The van der Waals surface area contributed by atoms with Crippen LogP contribution in [0.2, 0.25) is 0 Å². The number of ketones is 1. The molecule has 1 aromatic carbocycles. The Morgan fingerprint density at radius 3 is 2.68 bits per heavy atom. The summed E-state index contributed by atoms with van der Waals surface area (Å²) in [6.45, 7) is 6.34. The van der Waals surface area contributed by atoms with Gasteiger partial charge in [-0.3, -0.25) is 4.79 Å². The van der Waals surface area contributed by atoms with Crippen LogP contribution in [0.25, 0.3) is 0 Å². The molecule has 0 saturated carbocycles. The Kier molecular flexibility index (Phi) is 4.99. The molecule has 0 atom stereocenters. The van der Waals surface area contributed by atoms with Crippen LogP contribution < -0.4 is 4.90 Å². The van der Waals surface area contributed by atoms with Crippen LogP contribution in [0.3, 0.4) is 0 Å². The third-order valence-electron chi connectivity index (χ3n) is 3.52. The fourth-order valence-electron chi connectivity index (χ4n) is 2.57. The molecule has 0 aliphatic carbocycles. The number of hydrogen-bond acceptors (Lipinski definition) is 3. The number of piperidine rings is 1. The number of Topliss-reactive ketones (excluding diaryl/α,β-unsaturated/α-hetero) is 1. The zero-order valence-corrected chi connectivity index (χ0v) is 13.1. The number of anilines is 1. The molecule has 19 heavy (non-hydrogen) atoms. The fourth-order valence-corrected chi connectivity index (χ4v) is 2.93. The second-order valence-corrected chi connectivity index (χ2v) is 5.78. The lowest BCUT2D eigenvalue weighted by Gasteiger charge is -2.34. The van der Waals surface area contributed by atoms with Gasteiger partial charge in [0.2, 0.25) is 0 Å². The number of carbonyl (C=O) groups excluding carboxylic acids is 1. The Morgan fingerprint density at radius 2 is 2.11 bits per heavy atom. The lowest BCUT2D eigenvalue weighted by molar-refractivity contribution is 0.0459. The number of rotatable bonds is 4. The molecule has 1 saturated heterocycles. The van der Waals surface area contributed by atoms with E-state index in [0.29, 0.717) is 6.10 Å². The van der Waals surface area contributed by atoms with Gasteiger partial charge in [-0.2, -0.15) is 0 Å². The number of carbonyl (C=O) groups is 1. The van der Waals surface area contributed by atoms with Crippen molar-refractivity contribution >= 4 is 27.4 Å². The maximum atomic E-state index is 11.8. The molecule has 0 unspecified atom stereocenters. The zero-order chi connectivity index (χ0) is 13.8. The smallest absolute Gasteiger partial charge is 0.161 e. The highest BCUT2D eigenvalue weighted by atomic mass is 79.9. The first kappa shape index (κ1) is 14.5. The van der Waals surface area contributed by atoms with E-state index in [1.807, 2.05) is 25.1 Å². The summed E-state index contributed by atoms with van der Waals surface area (Å²) < 4.78 is 6.61. The first-order chi connectivity index (χ1) is 9.11. The summed E-state index contributed by atoms with van der Waals surface area (Å²) >= 11 is 3.43. The van der Waals surface area contributed by atoms with Gasteiger partial charge in [-0.1, -0.05) is 15.9 Å². The topological polar surface area (TPSA) is 29.5 Å². The molecule has 0 aromatic heterocycles. The molecule has 1 fully saturated rings. The van der Waals surface area contributed by atoms with Crippen molar-refractivity contribution < 1.29 is 9.53 Å². The van der Waals surface area contributed by atoms with Crippen LogP contribution in [0.4, 0.5) is 5.69 Å². The molecule has 0 radical (unpaired) electrons. The third-order valence-corrected chi connectivity index (χ3v) is 4.02. The normalized spacial score (nSPS) is 16.7. The SMILES string of the molecule is CCOC1CCN(c2ccc(Br)cc2C(C)=O)CC1. The van der Waals surface area contributed by atoms with Crippen LogP contribution in [-0.4, -0.2) is 31.6 Å². The quantitative estimate of drug-likeness (QED) is 0.791. The summed E-state index contributed by atoms with van der Waals surface area (Å²) in [5.41, 5.74) is 1.84. The first-order valence-electron chi connectivity index (χ1n) is 6.79. The summed E-state index contributed by atoms with van der Waals surface area (Å²) in [6, 6.07) is 5.94. The second kappa shape index (κ2) is 6.53. The summed E-state index contributed by atoms with van der Waals surface area (Å²) in [5, 5.41) is 0. The zero-order valence-electron chi connectivity index (χ0n) is 11.5. The van der Waals surface area contributed by atoms with Crippen LogP contribution >= 0.6 is 15.9 Å². The van der Waals surface area contributed by atoms with E-state index in [-0.39, 0.29) is 5.78 Å². The van der Waals surface area contributed by atoms with Gasteiger partial charge in [0.1, 0.15) is 0 Å². The number of nitrogens with zero attached hydrogens (tertiary/aromatic N) is 1. The van der Waals surface area contributed by atoms with Gasteiger partial charge in [-0.15, -0.1) is 0 Å². The highest BCUT2D eigenvalue weighted by molar-refractivity contribution is 9.10. The maximum Gasteiger partial charge on any atom is 0.161 e. The monoisotopic (exact) mass is 325 g/mol. The lowest BCUT2D eigenvalue weighted by Crippen LogP contribution is -2.37. The van der Waals surface area contributed by atoms with Gasteiger partial charge in [0.15, 0.2) is 5.78 Å². The third kappa shape index (κ3) is 3.57. The molecule has 104 valence electrons. The average molecular weight is 326 g/mol. The molecular weight excluding hydrogens is 306 g/mol. The molecule has 0 amide bonds. The molecule has 0 spiro atoms. The Balaban J connectivity index is 2.13. The number of ether oxygens (including phenoxy) is 1. The highest BCUT2D eigenvalue weighted by Gasteiger charge is 2.22. The summed E-state index contributed by atoms with van der Waals surface area (Å²) in [5.74, 6) is 0.114. The van der Waals surface area contributed by atoms with Crippen LogP contribution in [0.15, 0.2) is 22.7 Å². The fraction of sp³-hybridized carbons (Fsp3) is 0.533. The van der Waals surface area contributed by atoms with Crippen LogP contribution in [0.1, 0.15) is 37.0 Å². The molecule has 1 heterocycles. The predicted molar refractivity (Wildman–Crippen MR) is 81.0 cm³/mol. The Bertz CT molecular complexity index is 453. The van der Waals surface area contributed by atoms with Gasteiger partial charge in [0, 0.05) is 35.4 Å². The van der Waals surface area contributed by atoms with Crippen molar-refractivity contribution in [2.75, 3.05) is 24.6 Å². The largest absolute Gasteiger partial charge is 0.378 e. The minimum absolute atomic E-state index is 0.114. The molecule has 4 heteroatoms. The minimum Gasteiger partial charge on any atom is -0.378 e. The predicted octanol–water partition coefficient (Wildman–Crippen LogP) is 3.66. The summed E-state index contributed by atoms with van der Waals surface area (Å²) in [6.07, 6.45) is 2.43. The van der Waals surface area contributed by atoms with Crippen LogP contribution in [-0.2, 0) is 4.74 Å². The maximum absolute atomic E-state index is 11.8. The van der Waals surface area contributed by atoms with Gasteiger partial charge < -0.3 is 9.64 Å². The molecule has 2 rings (SSSR count). The van der Waals surface area contributed by atoms with Crippen molar-refractivity contribution in [2.45, 2.75) is 32.8 Å². The van der Waals surface area contributed by atoms with Crippen LogP contribution in [0.5, 0.6) is 0 Å². The van der Waals surface area contributed by atoms with E-state index in [1.54, 1.807) is 6.92 Å². The molecule has 0 bridgehead atoms. The van der Waals surface area contributed by atoms with E-state index in [4.69, 9.17) is 4.74 Å². The van der Waals surface area contributed by atoms with E-state index < -0.39 is 0 Å². The number of hydrogen-bond donors (Lipinski definition) is 0. The van der Waals surface area contributed by atoms with Gasteiger partial charge in [-0.05, 0) is 44.9 Å². The molecule has 0 N–H and O–H groups in total. The Morgan fingerprint density at radius 1 is 1.42 bits per heavy atom. The standard InChI is InChI=1S/C15H20BrNO2/c1-3-19-13-6-8-17(9-7-13)15-5-4-12(16)10-14(15)11(2)18/h4-5,10,13H,3,6-9H2,1-2H3. The number of benzene rings is 1. The Labute approximate surface area is 123 Å². The van der Waals surface area contributed by atoms with Crippen molar-refractivity contribution in [3.63, 3.8) is 0 Å². The molecule has 1 aliphatic rings. The molecule has 3 nitrogen and oxygen atoms in total. The van der Waals surface area contributed by atoms with Gasteiger partial charge in [-0.25, -0.2) is 0 Å². The van der Waals surface area contributed by atoms with Crippen molar-refractivity contribution in [3.8, 4) is 0 Å². The summed E-state index contributed by atoms with van der Waals surface area (Å²) in [4.78, 5) is 14.0. The Hall–Kier alpha value is -0.870. The first-order valence-corrected chi connectivity index (χ1v) is 7.58. The molecular formula is C15H20BrNO2. The van der Waals surface area contributed by atoms with E-state index in [9.17, 15) is 4.79 Å². The van der Waals surface area contributed by atoms with E-state index in [2.05, 4.69) is 20.8 Å². The van der Waals surface area contributed by atoms with Gasteiger partial charge in [0.25, 0.3) is 0 Å². The second-order valence-electron chi connectivity index (χ2n) is 4.86. The van der Waals surface area contributed by atoms with Crippen molar-refractivity contribution in [3.05, 3.63) is 28.2 Å². The van der Waals surface area contributed by atoms with Crippen molar-refractivity contribution in [1.82, 2.24) is 0 Å². The molecule has 1 aliphatic heterocycles. The lowest BCUT2D eigenvalue weighted by atomic mass is 10.0.